The van der Waals surface area contributed by atoms with Crippen LogP contribution in [-0.2, 0) is 16.1 Å². The highest BCUT2D eigenvalue weighted by atomic mass is 79.9. The second kappa shape index (κ2) is 11.2. The predicted octanol–water partition coefficient (Wildman–Crippen LogP) is 4.73. The van der Waals surface area contributed by atoms with Gasteiger partial charge in [0.05, 0.1) is 4.47 Å². The minimum atomic E-state index is -0.570. The van der Waals surface area contributed by atoms with Crippen molar-refractivity contribution in [1.29, 1.82) is 0 Å². The summed E-state index contributed by atoms with van der Waals surface area (Å²) in [4.78, 5) is 27.3. The number of amides is 2. The number of halogens is 2. The van der Waals surface area contributed by atoms with Crippen LogP contribution in [0.25, 0.3) is 0 Å². The minimum Gasteiger partial charge on any atom is -0.483 e. The second-order valence-corrected chi connectivity index (χ2v) is 7.92. The Labute approximate surface area is 185 Å². The molecular weight excluding hydrogens is 456 g/mol. The Morgan fingerprint density at radius 1 is 1.21 bits per heavy atom. The molecule has 5 nitrogen and oxygen atoms in total. The fraction of sp³-hybridized carbons (Fsp3) is 0.364. The van der Waals surface area contributed by atoms with Gasteiger partial charge < -0.3 is 15.0 Å². The number of benzene rings is 2. The first-order chi connectivity index (χ1) is 13.9. The first-order valence-corrected chi connectivity index (χ1v) is 10.7. The summed E-state index contributed by atoms with van der Waals surface area (Å²) in [5.41, 5.74) is 2.06. The van der Waals surface area contributed by atoms with Crippen LogP contribution in [0.2, 0.25) is 5.02 Å². The standard InChI is InChI=1S/C22H26BrClN2O3/c1-4-19(22(28)25-5-2)26(13-16-9-7-6-8-15(16)3)21(27)14-29-20-11-10-17(24)12-18(20)23/h6-12,19H,4-5,13-14H2,1-3H3,(H,25,28)/t19-/m0/s1. The Bertz CT molecular complexity index is 860. The molecule has 0 unspecified atom stereocenters. The molecule has 156 valence electrons. The van der Waals surface area contributed by atoms with Crippen molar-refractivity contribution in [1.82, 2.24) is 10.2 Å². The largest absolute Gasteiger partial charge is 0.483 e. The van der Waals surface area contributed by atoms with E-state index < -0.39 is 6.04 Å². The summed E-state index contributed by atoms with van der Waals surface area (Å²) in [6, 6.07) is 12.4. The van der Waals surface area contributed by atoms with E-state index in [1.54, 1.807) is 23.1 Å². The Morgan fingerprint density at radius 2 is 1.93 bits per heavy atom. The molecule has 7 heteroatoms. The monoisotopic (exact) mass is 480 g/mol. The molecule has 0 aromatic heterocycles. The molecule has 2 aromatic carbocycles. The maximum atomic E-state index is 13.1. The van der Waals surface area contributed by atoms with Gasteiger partial charge in [0.2, 0.25) is 5.91 Å². The fourth-order valence-electron chi connectivity index (χ4n) is 3.00. The van der Waals surface area contributed by atoms with Crippen LogP contribution in [0.4, 0.5) is 0 Å². The van der Waals surface area contributed by atoms with Gasteiger partial charge in [-0.3, -0.25) is 9.59 Å². The third-order valence-corrected chi connectivity index (χ3v) is 5.44. The SMILES string of the molecule is CCNC(=O)[C@H](CC)N(Cc1ccccc1C)C(=O)COc1ccc(Cl)cc1Br. The summed E-state index contributed by atoms with van der Waals surface area (Å²) in [5.74, 6) is 0.0995. The lowest BCUT2D eigenvalue weighted by Crippen LogP contribution is -2.50. The molecular formula is C22H26BrClN2O3. The van der Waals surface area contributed by atoms with Gasteiger partial charge in [-0.25, -0.2) is 0 Å². The van der Waals surface area contributed by atoms with E-state index in [1.807, 2.05) is 45.0 Å². The van der Waals surface area contributed by atoms with E-state index in [0.717, 1.165) is 11.1 Å². The van der Waals surface area contributed by atoms with E-state index >= 15 is 0 Å². The van der Waals surface area contributed by atoms with E-state index in [-0.39, 0.29) is 18.4 Å². The fourth-order valence-corrected chi connectivity index (χ4v) is 3.79. The average Bonchev–Trinajstić information content (AvgIpc) is 2.68. The van der Waals surface area contributed by atoms with Crippen molar-refractivity contribution in [2.75, 3.05) is 13.2 Å². The predicted molar refractivity (Wildman–Crippen MR) is 119 cm³/mol. The van der Waals surface area contributed by atoms with Gasteiger partial charge in [-0.2, -0.15) is 0 Å². The van der Waals surface area contributed by atoms with Crippen molar-refractivity contribution in [2.45, 2.75) is 39.8 Å². The molecule has 0 aliphatic rings. The molecule has 0 spiro atoms. The number of rotatable bonds is 9. The number of hydrogen-bond donors (Lipinski definition) is 1. The molecule has 2 amide bonds. The first kappa shape index (κ1) is 23.2. The molecule has 1 atom stereocenters. The Kier molecular flexibility index (Phi) is 8.99. The molecule has 0 bridgehead atoms. The quantitative estimate of drug-likeness (QED) is 0.563. The van der Waals surface area contributed by atoms with E-state index in [2.05, 4.69) is 21.2 Å². The number of ether oxygens (including phenoxy) is 1. The number of hydrogen-bond acceptors (Lipinski definition) is 3. The topological polar surface area (TPSA) is 58.6 Å². The molecule has 29 heavy (non-hydrogen) atoms. The Hall–Kier alpha value is -2.05. The van der Waals surface area contributed by atoms with Crippen molar-refractivity contribution >= 4 is 39.3 Å². The molecule has 2 aromatic rings. The third-order valence-electron chi connectivity index (χ3n) is 4.58. The molecule has 0 saturated heterocycles. The van der Waals surface area contributed by atoms with Gasteiger partial charge in [0.15, 0.2) is 6.61 Å². The lowest BCUT2D eigenvalue weighted by Gasteiger charge is -2.31. The van der Waals surface area contributed by atoms with Crippen molar-refractivity contribution < 1.29 is 14.3 Å². The maximum Gasteiger partial charge on any atom is 0.261 e. The molecule has 0 aliphatic carbocycles. The van der Waals surface area contributed by atoms with Crippen LogP contribution >= 0.6 is 27.5 Å². The maximum absolute atomic E-state index is 13.1. The third kappa shape index (κ3) is 6.47. The van der Waals surface area contributed by atoms with Gasteiger partial charge in [-0.1, -0.05) is 42.8 Å². The van der Waals surface area contributed by atoms with Crippen molar-refractivity contribution in [3.05, 3.63) is 63.1 Å². The molecule has 1 N–H and O–H groups in total. The van der Waals surface area contributed by atoms with Gasteiger partial charge in [0.25, 0.3) is 5.91 Å². The highest BCUT2D eigenvalue weighted by Crippen LogP contribution is 2.28. The molecule has 0 heterocycles. The van der Waals surface area contributed by atoms with Crippen LogP contribution in [0.1, 0.15) is 31.4 Å². The molecule has 2 rings (SSSR count). The van der Waals surface area contributed by atoms with Gasteiger partial charge in [0, 0.05) is 18.1 Å². The molecule has 0 saturated carbocycles. The number of nitrogens with one attached hydrogen (secondary N) is 1. The summed E-state index contributed by atoms with van der Waals surface area (Å²) < 4.78 is 6.37. The lowest BCUT2D eigenvalue weighted by molar-refractivity contribution is -0.142. The van der Waals surface area contributed by atoms with Crippen molar-refractivity contribution in [3.8, 4) is 5.75 Å². The van der Waals surface area contributed by atoms with E-state index in [9.17, 15) is 9.59 Å². The summed E-state index contributed by atoms with van der Waals surface area (Å²) in [5, 5.41) is 3.39. The van der Waals surface area contributed by atoms with Crippen LogP contribution in [0.3, 0.4) is 0 Å². The van der Waals surface area contributed by atoms with E-state index in [4.69, 9.17) is 16.3 Å². The lowest BCUT2D eigenvalue weighted by atomic mass is 10.1. The zero-order valence-corrected chi connectivity index (χ0v) is 19.2. The summed E-state index contributed by atoms with van der Waals surface area (Å²) >= 11 is 9.34. The molecule has 0 fully saturated rings. The second-order valence-electron chi connectivity index (χ2n) is 6.63. The first-order valence-electron chi connectivity index (χ1n) is 9.56. The Morgan fingerprint density at radius 3 is 2.55 bits per heavy atom. The number of nitrogens with zero attached hydrogens (tertiary/aromatic N) is 1. The van der Waals surface area contributed by atoms with Crippen molar-refractivity contribution in [3.63, 3.8) is 0 Å². The van der Waals surface area contributed by atoms with Gasteiger partial charge >= 0.3 is 0 Å². The number of likely N-dealkylation sites (N-methyl/N-ethyl adjacent to an activating group) is 1. The number of carbonyl (C=O) groups is 2. The minimum absolute atomic E-state index is 0.162. The zero-order valence-electron chi connectivity index (χ0n) is 16.9. The van der Waals surface area contributed by atoms with Crippen LogP contribution in [-0.4, -0.2) is 35.9 Å². The van der Waals surface area contributed by atoms with Crippen LogP contribution in [0.15, 0.2) is 46.9 Å². The summed E-state index contributed by atoms with van der Waals surface area (Å²) in [6.45, 7) is 6.42. The van der Waals surface area contributed by atoms with Crippen LogP contribution < -0.4 is 10.1 Å². The summed E-state index contributed by atoms with van der Waals surface area (Å²) in [7, 11) is 0. The van der Waals surface area contributed by atoms with Gasteiger partial charge in [0.1, 0.15) is 11.8 Å². The van der Waals surface area contributed by atoms with E-state index in [1.165, 1.54) is 0 Å². The Balaban J connectivity index is 2.23. The van der Waals surface area contributed by atoms with Crippen LogP contribution in [0, 0.1) is 6.92 Å². The summed E-state index contributed by atoms with van der Waals surface area (Å²) in [6.07, 6.45) is 0.508. The van der Waals surface area contributed by atoms with E-state index in [0.29, 0.717) is 34.8 Å². The number of carbonyl (C=O) groups excluding carboxylic acids is 2. The molecule has 0 radical (unpaired) electrons. The van der Waals surface area contributed by atoms with Gasteiger partial charge in [-0.05, 0) is 65.5 Å². The normalized spacial score (nSPS) is 11.6. The van der Waals surface area contributed by atoms with Gasteiger partial charge in [-0.15, -0.1) is 0 Å². The van der Waals surface area contributed by atoms with Crippen LogP contribution in [0.5, 0.6) is 5.75 Å². The smallest absolute Gasteiger partial charge is 0.261 e. The highest BCUT2D eigenvalue weighted by molar-refractivity contribution is 9.10. The number of aryl methyl sites for hydroxylation is 1. The highest BCUT2D eigenvalue weighted by Gasteiger charge is 2.29. The van der Waals surface area contributed by atoms with Crippen molar-refractivity contribution in [2.24, 2.45) is 0 Å². The molecule has 0 aliphatic heterocycles. The zero-order chi connectivity index (χ0) is 21.4. The average molecular weight is 482 g/mol.